The number of nitrogens with zero attached hydrogens (tertiary/aromatic N) is 2. The van der Waals surface area contributed by atoms with E-state index >= 15 is 0 Å². The molecule has 0 N–H and O–H groups in total. The molecule has 0 spiro atoms. The van der Waals surface area contributed by atoms with Crippen LogP contribution in [0.1, 0.15) is 41.6 Å². The summed E-state index contributed by atoms with van der Waals surface area (Å²) in [5.41, 5.74) is 1.72. The summed E-state index contributed by atoms with van der Waals surface area (Å²) in [6.07, 6.45) is 4.62. The number of hydrogen-bond donors (Lipinski definition) is 0. The molecule has 0 atom stereocenters. The van der Waals surface area contributed by atoms with E-state index in [0.717, 1.165) is 69.3 Å². The fraction of sp³-hybridized carbons (Fsp3) is 0.500. The molecule has 178 valence electrons. The number of rotatable bonds is 7. The summed E-state index contributed by atoms with van der Waals surface area (Å²) < 4.78 is 11.1. The van der Waals surface area contributed by atoms with Crippen LogP contribution in [-0.4, -0.2) is 61.7 Å². The van der Waals surface area contributed by atoms with Gasteiger partial charge in [-0.2, -0.15) is 0 Å². The van der Waals surface area contributed by atoms with Crippen LogP contribution in [0.5, 0.6) is 5.75 Å². The Morgan fingerprint density at radius 3 is 2.36 bits per heavy atom. The second kappa shape index (κ2) is 11.6. The van der Waals surface area contributed by atoms with Crippen molar-refractivity contribution in [2.75, 3.05) is 39.8 Å². The number of carbonyl (C=O) groups excluding carboxylic acids is 1. The maximum absolute atomic E-state index is 12.0. The molecule has 7 heteroatoms. The van der Waals surface area contributed by atoms with Crippen molar-refractivity contribution in [2.45, 2.75) is 38.3 Å². The quantitative estimate of drug-likeness (QED) is 0.476. The van der Waals surface area contributed by atoms with Gasteiger partial charge in [0.2, 0.25) is 0 Å². The zero-order valence-corrected chi connectivity index (χ0v) is 20.7. The van der Waals surface area contributed by atoms with Crippen molar-refractivity contribution in [1.82, 2.24) is 9.80 Å². The van der Waals surface area contributed by atoms with E-state index in [1.165, 1.54) is 20.0 Å². The molecule has 2 heterocycles. The lowest BCUT2D eigenvalue weighted by molar-refractivity contribution is 0.0596. The van der Waals surface area contributed by atoms with E-state index in [2.05, 4.69) is 9.80 Å². The largest absolute Gasteiger partial charge is 0.489 e. The third-order valence-corrected chi connectivity index (χ3v) is 7.29. The van der Waals surface area contributed by atoms with E-state index in [0.29, 0.717) is 15.6 Å². The highest BCUT2D eigenvalue weighted by Crippen LogP contribution is 2.30. The molecule has 0 bridgehead atoms. The Bertz CT molecular complexity index is 939. The number of halogens is 2. The third-order valence-electron chi connectivity index (χ3n) is 6.76. The first-order valence-electron chi connectivity index (χ1n) is 11.7. The van der Waals surface area contributed by atoms with Crippen molar-refractivity contribution in [3.05, 3.63) is 63.6 Å². The lowest BCUT2D eigenvalue weighted by atomic mass is 9.94. The number of hydrogen-bond acceptors (Lipinski definition) is 5. The smallest absolute Gasteiger partial charge is 0.338 e. The minimum Gasteiger partial charge on any atom is -0.489 e. The Balaban J connectivity index is 1.19. The summed E-state index contributed by atoms with van der Waals surface area (Å²) >= 11 is 12.2. The molecule has 2 aromatic rings. The standard InChI is InChI=1S/C26H32Cl2N2O3/c1-32-26(31)23-5-3-2-4-20(23)18-30-12-8-19(9-13-30)17-29-14-10-22(11-15-29)33-25-7-6-21(27)16-24(25)28/h2-7,16,19,22H,8-15,17-18H2,1H3. The van der Waals surface area contributed by atoms with Gasteiger partial charge in [0, 0.05) is 31.2 Å². The van der Waals surface area contributed by atoms with Gasteiger partial charge >= 0.3 is 5.97 Å². The first-order valence-corrected chi connectivity index (χ1v) is 12.5. The van der Waals surface area contributed by atoms with Crippen molar-refractivity contribution in [3.8, 4) is 5.75 Å². The highest BCUT2D eigenvalue weighted by Gasteiger charge is 2.26. The second-order valence-electron chi connectivity index (χ2n) is 9.06. The van der Waals surface area contributed by atoms with Gasteiger partial charge in [-0.05, 0) is 74.5 Å². The van der Waals surface area contributed by atoms with Crippen LogP contribution in [0.4, 0.5) is 0 Å². The summed E-state index contributed by atoms with van der Waals surface area (Å²) in [6.45, 7) is 6.20. The van der Waals surface area contributed by atoms with Gasteiger partial charge in [-0.15, -0.1) is 0 Å². The summed E-state index contributed by atoms with van der Waals surface area (Å²) in [6, 6.07) is 13.2. The molecule has 0 aliphatic carbocycles. The SMILES string of the molecule is COC(=O)c1ccccc1CN1CCC(CN2CCC(Oc3ccc(Cl)cc3Cl)CC2)CC1. The number of ether oxygens (including phenoxy) is 2. The predicted molar refractivity (Wildman–Crippen MR) is 132 cm³/mol. The minimum absolute atomic E-state index is 0.205. The van der Waals surface area contributed by atoms with E-state index < -0.39 is 0 Å². The molecule has 0 amide bonds. The van der Waals surface area contributed by atoms with Gasteiger partial charge in [0.05, 0.1) is 17.7 Å². The van der Waals surface area contributed by atoms with Crippen LogP contribution in [0.15, 0.2) is 42.5 Å². The second-order valence-corrected chi connectivity index (χ2v) is 9.90. The Labute approximate surface area is 206 Å². The molecule has 2 fully saturated rings. The zero-order chi connectivity index (χ0) is 23.2. The molecule has 2 saturated heterocycles. The fourth-order valence-corrected chi connectivity index (χ4v) is 5.31. The molecule has 2 aromatic carbocycles. The van der Waals surface area contributed by atoms with Crippen LogP contribution in [0, 0.1) is 5.92 Å². The van der Waals surface area contributed by atoms with Gasteiger partial charge < -0.3 is 14.4 Å². The monoisotopic (exact) mass is 490 g/mol. The molecule has 0 aromatic heterocycles. The first kappa shape index (κ1) is 24.3. The predicted octanol–water partition coefficient (Wildman–Crippen LogP) is 5.54. The highest BCUT2D eigenvalue weighted by molar-refractivity contribution is 6.35. The van der Waals surface area contributed by atoms with Gasteiger partial charge in [0.25, 0.3) is 0 Å². The van der Waals surface area contributed by atoms with Gasteiger partial charge in [0.1, 0.15) is 11.9 Å². The lowest BCUT2D eigenvalue weighted by Gasteiger charge is -2.37. The number of benzene rings is 2. The van der Waals surface area contributed by atoms with Gasteiger partial charge in [-0.25, -0.2) is 4.79 Å². The molecular weight excluding hydrogens is 459 g/mol. The number of likely N-dealkylation sites (tertiary alicyclic amines) is 2. The van der Waals surface area contributed by atoms with Gasteiger partial charge in [0.15, 0.2) is 0 Å². The fourth-order valence-electron chi connectivity index (χ4n) is 4.86. The third kappa shape index (κ3) is 6.63. The summed E-state index contributed by atoms with van der Waals surface area (Å²) in [4.78, 5) is 17.1. The van der Waals surface area contributed by atoms with E-state index in [9.17, 15) is 4.79 Å². The van der Waals surface area contributed by atoms with E-state index in [4.69, 9.17) is 32.7 Å². The van der Waals surface area contributed by atoms with Crippen LogP contribution in [-0.2, 0) is 11.3 Å². The molecule has 5 nitrogen and oxygen atoms in total. The van der Waals surface area contributed by atoms with Crippen molar-refractivity contribution in [1.29, 1.82) is 0 Å². The van der Waals surface area contributed by atoms with Gasteiger partial charge in [-0.1, -0.05) is 41.4 Å². The summed E-state index contributed by atoms with van der Waals surface area (Å²) in [7, 11) is 1.44. The Morgan fingerprint density at radius 1 is 0.970 bits per heavy atom. The van der Waals surface area contributed by atoms with Gasteiger partial charge in [-0.3, -0.25) is 4.90 Å². The first-order chi connectivity index (χ1) is 16.0. The molecule has 2 aliphatic heterocycles. The Hall–Kier alpha value is -1.79. The topological polar surface area (TPSA) is 42.0 Å². The van der Waals surface area contributed by atoms with Crippen LogP contribution < -0.4 is 4.74 Å². The van der Waals surface area contributed by atoms with Crippen LogP contribution >= 0.6 is 23.2 Å². The van der Waals surface area contributed by atoms with E-state index in [-0.39, 0.29) is 12.1 Å². The zero-order valence-electron chi connectivity index (χ0n) is 19.1. The number of methoxy groups -OCH3 is 1. The molecule has 4 rings (SSSR count). The maximum Gasteiger partial charge on any atom is 0.338 e. The Kier molecular flexibility index (Phi) is 8.53. The van der Waals surface area contributed by atoms with E-state index in [1.54, 1.807) is 6.07 Å². The van der Waals surface area contributed by atoms with Crippen LogP contribution in [0.3, 0.4) is 0 Å². The molecular formula is C26H32Cl2N2O3. The maximum atomic E-state index is 12.0. The molecule has 0 saturated carbocycles. The molecule has 0 unspecified atom stereocenters. The van der Waals surface area contributed by atoms with E-state index in [1.807, 2.05) is 36.4 Å². The molecule has 0 radical (unpaired) electrons. The lowest BCUT2D eigenvalue weighted by Crippen LogP contribution is -2.43. The van der Waals surface area contributed by atoms with Crippen LogP contribution in [0.25, 0.3) is 0 Å². The average Bonchev–Trinajstić information content (AvgIpc) is 2.83. The number of piperidine rings is 2. The van der Waals surface area contributed by atoms with Crippen molar-refractivity contribution in [3.63, 3.8) is 0 Å². The molecule has 2 aliphatic rings. The minimum atomic E-state index is -0.258. The van der Waals surface area contributed by atoms with Crippen LogP contribution in [0.2, 0.25) is 10.0 Å². The van der Waals surface area contributed by atoms with Crippen molar-refractivity contribution in [2.24, 2.45) is 5.92 Å². The Morgan fingerprint density at radius 2 is 1.67 bits per heavy atom. The van der Waals surface area contributed by atoms with Crippen molar-refractivity contribution >= 4 is 29.2 Å². The number of carbonyl (C=O) groups is 1. The van der Waals surface area contributed by atoms with Crippen molar-refractivity contribution < 1.29 is 14.3 Å². The number of esters is 1. The highest BCUT2D eigenvalue weighted by atomic mass is 35.5. The average molecular weight is 491 g/mol. The summed E-state index contributed by atoms with van der Waals surface area (Å²) in [5, 5.41) is 1.20. The summed E-state index contributed by atoms with van der Waals surface area (Å²) in [5.74, 6) is 1.19. The molecule has 33 heavy (non-hydrogen) atoms. The normalized spacial score (nSPS) is 18.9.